The molecule has 1 aromatic heterocycles. The normalized spacial score (nSPS) is 10.2. The predicted octanol–water partition coefficient (Wildman–Crippen LogP) is 3.06. The van der Waals surface area contributed by atoms with Gasteiger partial charge in [0, 0.05) is 12.8 Å². The van der Waals surface area contributed by atoms with Crippen molar-refractivity contribution in [3.63, 3.8) is 0 Å². The molecule has 0 saturated heterocycles. The lowest BCUT2D eigenvalue weighted by atomic mass is 10.1. The summed E-state index contributed by atoms with van der Waals surface area (Å²) in [7, 11) is 2.92. The van der Waals surface area contributed by atoms with Crippen molar-refractivity contribution < 1.29 is 19.2 Å². The lowest BCUT2D eigenvalue weighted by molar-refractivity contribution is -0.384. The number of anilines is 1. The van der Waals surface area contributed by atoms with Crippen molar-refractivity contribution in [1.82, 2.24) is 4.98 Å². The quantitative estimate of drug-likeness (QED) is 0.405. The van der Waals surface area contributed by atoms with E-state index in [4.69, 9.17) is 9.47 Å². The molecule has 1 aromatic carbocycles. The van der Waals surface area contributed by atoms with Gasteiger partial charge in [-0.25, -0.2) is 4.98 Å². The number of aryl methyl sites for hydroxylation is 1. The zero-order valence-corrected chi connectivity index (χ0v) is 16.3. The van der Waals surface area contributed by atoms with Crippen LogP contribution in [0, 0.1) is 28.4 Å². The van der Waals surface area contributed by atoms with Crippen LogP contribution in [0.1, 0.15) is 16.8 Å². The standard InChI is InChI=1S/C18H18N4O5S/c1-11-6-12(9-26-2)14(8-19)18(20-11)28-10-17(23)21-15-5-4-13(27-3)7-16(15)22(24)25/h4-7H,9-10H2,1-3H3,(H,21,23). The molecule has 0 unspecified atom stereocenters. The van der Waals surface area contributed by atoms with Crippen molar-refractivity contribution in [2.75, 3.05) is 25.3 Å². The number of nitro groups is 1. The summed E-state index contributed by atoms with van der Waals surface area (Å²) in [6.07, 6.45) is 0. The maximum Gasteiger partial charge on any atom is 0.296 e. The summed E-state index contributed by atoms with van der Waals surface area (Å²) in [4.78, 5) is 27.2. The van der Waals surface area contributed by atoms with Crippen molar-refractivity contribution in [1.29, 1.82) is 5.26 Å². The van der Waals surface area contributed by atoms with Crippen molar-refractivity contribution in [3.8, 4) is 11.8 Å². The molecule has 146 valence electrons. The fraction of sp³-hybridized carbons (Fsp3) is 0.278. The first-order chi connectivity index (χ1) is 13.4. The van der Waals surface area contributed by atoms with E-state index >= 15 is 0 Å². The van der Waals surface area contributed by atoms with E-state index in [9.17, 15) is 20.2 Å². The zero-order chi connectivity index (χ0) is 20.7. The van der Waals surface area contributed by atoms with Gasteiger partial charge in [-0.3, -0.25) is 14.9 Å². The largest absolute Gasteiger partial charge is 0.496 e. The molecule has 0 aliphatic rings. The van der Waals surface area contributed by atoms with Gasteiger partial charge in [0.2, 0.25) is 5.91 Å². The maximum atomic E-state index is 12.3. The molecule has 9 nitrogen and oxygen atoms in total. The number of nitrogens with one attached hydrogen (secondary N) is 1. The van der Waals surface area contributed by atoms with Crippen molar-refractivity contribution >= 4 is 29.0 Å². The summed E-state index contributed by atoms with van der Waals surface area (Å²) in [6.45, 7) is 2.04. The molecule has 0 atom stereocenters. The summed E-state index contributed by atoms with van der Waals surface area (Å²) in [6, 6.07) is 8.00. The lowest BCUT2D eigenvalue weighted by Gasteiger charge is -2.10. The van der Waals surface area contributed by atoms with E-state index in [2.05, 4.69) is 16.4 Å². The smallest absolute Gasteiger partial charge is 0.296 e. The highest BCUT2D eigenvalue weighted by Gasteiger charge is 2.18. The van der Waals surface area contributed by atoms with Crippen molar-refractivity contribution in [2.24, 2.45) is 0 Å². The molecule has 2 aromatic rings. The first-order valence-corrected chi connectivity index (χ1v) is 9.02. The van der Waals surface area contributed by atoms with Gasteiger partial charge in [0.25, 0.3) is 5.69 Å². The third-order valence-electron chi connectivity index (χ3n) is 3.62. The monoisotopic (exact) mass is 402 g/mol. The molecule has 0 saturated carbocycles. The molecule has 1 amide bonds. The van der Waals surface area contributed by atoms with Crippen LogP contribution >= 0.6 is 11.8 Å². The number of nitro benzene ring substituents is 1. The SMILES string of the molecule is COCc1cc(C)nc(SCC(=O)Nc2ccc(OC)cc2[N+](=O)[O-])c1C#N. The number of ether oxygens (including phenoxy) is 2. The van der Waals surface area contributed by atoms with Gasteiger partial charge in [-0.15, -0.1) is 0 Å². The average Bonchev–Trinajstić information content (AvgIpc) is 2.66. The van der Waals surface area contributed by atoms with Crippen LogP contribution < -0.4 is 10.1 Å². The number of carbonyl (C=O) groups is 1. The second-order valence-corrected chi connectivity index (χ2v) is 6.59. The third kappa shape index (κ3) is 5.18. The van der Waals surface area contributed by atoms with Crippen LogP contribution in [-0.2, 0) is 16.1 Å². The Balaban J connectivity index is 2.16. The topological polar surface area (TPSA) is 127 Å². The second kappa shape index (κ2) is 9.68. The van der Waals surface area contributed by atoms with Gasteiger partial charge in [0.1, 0.15) is 22.5 Å². The molecule has 0 spiro atoms. The predicted molar refractivity (Wildman–Crippen MR) is 103 cm³/mol. The number of rotatable bonds is 8. The molecule has 0 aliphatic heterocycles. The van der Waals surface area contributed by atoms with Gasteiger partial charge >= 0.3 is 0 Å². The van der Waals surface area contributed by atoms with Crippen LogP contribution in [0.4, 0.5) is 11.4 Å². The van der Waals surface area contributed by atoms with Gasteiger partial charge in [-0.1, -0.05) is 11.8 Å². The molecule has 28 heavy (non-hydrogen) atoms. The summed E-state index contributed by atoms with van der Waals surface area (Å²) in [5, 5.41) is 23.5. The van der Waals surface area contributed by atoms with E-state index in [1.54, 1.807) is 13.0 Å². The number of thioether (sulfide) groups is 1. The number of methoxy groups -OCH3 is 2. The van der Waals surface area contributed by atoms with Gasteiger partial charge < -0.3 is 14.8 Å². The summed E-state index contributed by atoms with van der Waals surface area (Å²) >= 11 is 1.08. The van der Waals surface area contributed by atoms with E-state index in [-0.39, 0.29) is 23.7 Å². The molecular weight excluding hydrogens is 384 g/mol. The van der Waals surface area contributed by atoms with Crippen molar-refractivity contribution in [2.45, 2.75) is 18.6 Å². The van der Waals surface area contributed by atoms with Crippen molar-refractivity contribution in [3.05, 3.63) is 51.2 Å². The maximum absolute atomic E-state index is 12.3. The second-order valence-electron chi connectivity index (χ2n) is 5.62. The number of nitriles is 1. The first kappa shape index (κ1) is 21.1. The molecule has 2 rings (SSSR count). The van der Waals surface area contributed by atoms with Crippen LogP contribution in [0.2, 0.25) is 0 Å². The molecule has 10 heteroatoms. The number of hydrogen-bond acceptors (Lipinski definition) is 8. The first-order valence-electron chi connectivity index (χ1n) is 8.04. The Morgan fingerprint density at radius 2 is 2.14 bits per heavy atom. The Hall–Kier alpha value is -3.16. The van der Waals surface area contributed by atoms with Crippen LogP contribution in [-0.4, -0.2) is 35.8 Å². The highest BCUT2D eigenvalue weighted by molar-refractivity contribution is 8.00. The Morgan fingerprint density at radius 1 is 1.39 bits per heavy atom. The van der Waals surface area contributed by atoms with Gasteiger partial charge in [0.05, 0.1) is 36.0 Å². The van der Waals surface area contributed by atoms with Gasteiger partial charge in [0.15, 0.2) is 0 Å². The van der Waals surface area contributed by atoms with Crippen LogP contribution in [0.3, 0.4) is 0 Å². The highest BCUT2D eigenvalue weighted by atomic mass is 32.2. The summed E-state index contributed by atoms with van der Waals surface area (Å²) < 4.78 is 10.1. The van der Waals surface area contributed by atoms with E-state index in [1.165, 1.54) is 32.4 Å². The Kier molecular flexibility index (Phi) is 7.31. The molecular formula is C18H18N4O5S. The van der Waals surface area contributed by atoms with Crippen LogP contribution in [0.15, 0.2) is 29.3 Å². The molecule has 0 aliphatic carbocycles. The fourth-order valence-corrected chi connectivity index (χ4v) is 3.29. The van der Waals surface area contributed by atoms with Gasteiger partial charge in [-0.05, 0) is 30.7 Å². The number of benzene rings is 1. The van der Waals surface area contributed by atoms with Crippen LogP contribution in [0.25, 0.3) is 0 Å². The number of amides is 1. The lowest BCUT2D eigenvalue weighted by Crippen LogP contribution is -2.15. The highest BCUT2D eigenvalue weighted by Crippen LogP contribution is 2.30. The third-order valence-corrected chi connectivity index (χ3v) is 4.60. The Labute approximate surface area is 165 Å². The molecule has 0 bridgehead atoms. The minimum absolute atomic E-state index is 0.0641. The number of pyridine rings is 1. The van der Waals surface area contributed by atoms with E-state index in [1.807, 2.05) is 0 Å². The summed E-state index contributed by atoms with van der Waals surface area (Å²) in [5.74, 6) is -0.216. The Bertz CT molecular complexity index is 942. The minimum atomic E-state index is -0.599. The van der Waals surface area contributed by atoms with Crippen LogP contribution in [0.5, 0.6) is 5.75 Å². The number of carbonyl (C=O) groups excluding carboxylic acids is 1. The number of nitrogens with zero attached hydrogens (tertiary/aromatic N) is 3. The number of aromatic nitrogens is 1. The van der Waals surface area contributed by atoms with E-state index in [0.717, 1.165) is 11.8 Å². The summed E-state index contributed by atoms with van der Waals surface area (Å²) in [5.41, 5.74) is 1.52. The molecule has 1 heterocycles. The zero-order valence-electron chi connectivity index (χ0n) is 15.5. The van der Waals surface area contributed by atoms with E-state index < -0.39 is 10.8 Å². The fourth-order valence-electron chi connectivity index (χ4n) is 2.42. The molecule has 0 fully saturated rings. The number of hydrogen-bond donors (Lipinski definition) is 1. The molecule has 0 radical (unpaired) electrons. The minimum Gasteiger partial charge on any atom is -0.496 e. The van der Waals surface area contributed by atoms with E-state index in [0.29, 0.717) is 27.6 Å². The molecule has 1 N–H and O–H groups in total. The average molecular weight is 402 g/mol. The van der Waals surface area contributed by atoms with Gasteiger partial charge in [-0.2, -0.15) is 5.26 Å². The Morgan fingerprint density at radius 3 is 2.75 bits per heavy atom.